The summed E-state index contributed by atoms with van der Waals surface area (Å²) in [6.07, 6.45) is 2.62. The molecule has 6 nitrogen and oxygen atoms in total. The van der Waals surface area contributed by atoms with E-state index in [1.54, 1.807) is 30.5 Å². The van der Waals surface area contributed by atoms with E-state index in [0.717, 1.165) is 24.0 Å². The summed E-state index contributed by atoms with van der Waals surface area (Å²) in [4.78, 5) is 16.3. The van der Waals surface area contributed by atoms with Gasteiger partial charge in [-0.1, -0.05) is 18.2 Å². The van der Waals surface area contributed by atoms with Gasteiger partial charge in [0.05, 0.1) is 5.52 Å². The molecule has 0 atom stereocenters. The third-order valence-electron chi connectivity index (χ3n) is 3.12. The number of pyridine rings is 1. The lowest BCUT2D eigenvalue weighted by atomic mass is 10.2. The van der Waals surface area contributed by atoms with E-state index in [2.05, 4.69) is 27.5 Å². The van der Waals surface area contributed by atoms with E-state index in [1.807, 2.05) is 16.8 Å². The van der Waals surface area contributed by atoms with Gasteiger partial charge in [-0.05, 0) is 36.8 Å². The Kier molecular flexibility index (Phi) is 3.59. The van der Waals surface area contributed by atoms with Gasteiger partial charge in [-0.15, -0.1) is 5.10 Å². The number of carbonyl (C=O) groups excluding carboxylic acids is 1. The highest BCUT2D eigenvalue weighted by atomic mass is 16.1. The molecular formula is C15H15N5O. The van der Waals surface area contributed by atoms with E-state index in [-0.39, 0.29) is 5.91 Å². The molecule has 0 unspecified atom stereocenters. The zero-order chi connectivity index (χ0) is 14.7. The molecule has 0 fully saturated rings. The van der Waals surface area contributed by atoms with Crippen molar-refractivity contribution in [3.63, 3.8) is 0 Å². The Hall–Kier alpha value is -2.76. The molecular weight excluding hydrogens is 266 g/mol. The summed E-state index contributed by atoms with van der Waals surface area (Å²) in [6.45, 7) is 2.90. The number of hydrogen-bond acceptors (Lipinski definition) is 4. The van der Waals surface area contributed by atoms with Crippen molar-refractivity contribution in [3.8, 4) is 0 Å². The summed E-state index contributed by atoms with van der Waals surface area (Å²) < 4.78 is 1.84. The first-order chi connectivity index (χ1) is 10.3. The molecule has 0 aliphatic rings. The monoisotopic (exact) mass is 281 g/mol. The van der Waals surface area contributed by atoms with E-state index in [0.29, 0.717) is 11.4 Å². The van der Waals surface area contributed by atoms with Gasteiger partial charge in [0.15, 0.2) is 0 Å². The van der Waals surface area contributed by atoms with Crippen molar-refractivity contribution in [2.24, 2.45) is 0 Å². The van der Waals surface area contributed by atoms with E-state index in [4.69, 9.17) is 0 Å². The first-order valence-corrected chi connectivity index (χ1v) is 6.83. The molecule has 1 aromatic carbocycles. The summed E-state index contributed by atoms with van der Waals surface area (Å²) >= 11 is 0. The van der Waals surface area contributed by atoms with E-state index >= 15 is 0 Å². The Bertz CT molecular complexity index is 766. The molecule has 2 heterocycles. The number of nitrogens with zero attached hydrogens (tertiary/aromatic N) is 4. The summed E-state index contributed by atoms with van der Waals surface area (Å²) in [5.74, 6) is 0.317. The molecule has 0 bridgehead atoms. The van der Waals surface area contributed by atoms with Crippen LogP contribution in [0, 0.1) is 0 Å². The van der Waals surface area contributed by atoms with Gasteiger partial charge in [-0.25, -0.2) is 9.67 Å². The number of rotatable bonds is 4. The number of anilines is 1. The van der Waals surface area contributed by atoms with Crippen LogP contribution < -0.4 is 5.32 Å². The topological polar surface area (TPSA) is 72.7 Å². The Morgan fingerprint density at radius 3 is 2.95 bits per heavy atom. The molecule has 1 N–H and O–H groups in total. The highest BCUT2D eigenvalue weighted by Crippen LogP contribution is 2.15. The minimum absolute atomic E-state index is 0.208. The van der Waals surface area contributed by atoms with Crippen molar-refractivity contribution in [1.29, 1.82) is 0 Å². The predicted octanol–water partition coefficient (Wildman–Crippen LogP) is 2.49. The summed E-state index contributed by atoms with van der Waals surface area (Å²) in [6, 6.07) is 10.8. The van der Waals surface area contributed by atoms with E-state index in [9.17, 15) is 4.79 Å². The van der Waals surface area contributed by atoms with Gasteiger partial charge in [0.1, 0.15) is 11.3 Å². The van der Waals surface area contributed by atoms with Crippen LogP contribution in [0.25, 0.3) is 11.0 Å². The number of benzene rings is 1. The minimum atomic E-state index is -0.208. The highest BCUT2D eigenvalue weighted by molar-refractivity contribution is 6.05. The second-order valence-electron chi connectivity index (χ2n) is 4.69. The molecule has 3 aromatic rings. The average Bonchev–Trinajstić information content (AvgIpc) is 2.91. The fourth-order valence-electron chi connectivity index (χ4n) is 2.12. The highest BCUT2D eigenvalue weighted by Gasteiger charge is 2.10. The smallest absolute Gasteiger partial charge is 0.256 e. The number of hydrogen-bond donors (Lipinski definition) is 1. The van der Waals surface area contributed by atoms with Crippen LogP contribution in [0.4, 0.5) is 5.82 Å². The number of fused-ring (bicyclic) bond motifs is 1. The zero-order valence-electron chi connectivity index (χ0n) is 11.7. The molecule has 0 radical (unpaired) electrons. The molecule has 2 aromatic heterocycles. The SMILES string of the molecule is CCCn1nnc2cc(C(=O)Nc3ccccn3)ccc21. The lowest BCUT2D eigenvalue weighted by molar-refractivity contribution is 0.102. The summed E-state index contributed by atoms with van der Waals surface area (Å²) in [5, 5.41) is 10.9. The van der Waals surface area contributed by atoms with E-state index in [1.165, 1.54) is 0 Å². The van der Waals surface area contributed by atoms with Crippen LogP contribution in [0.5, 0.6) is 0 Å². The number of amides is 1. The fourth-order valence-corrected chi connectivity index (χ4v) is 2.12. The molecule has 21 heavy (non-hydrogen) atoms. The van der Waals surface area contributed by atoms with Crippen molar-refractivity contribution in [3.05, 3.63) is 48.2 Å². The predicted molar refractivity (Wildman–Crippen MR) is 80.0 cm³/mol. The number of aromatic nitrogens is 4. The molecule has 1 amide bonds. The largest absolute Gasteiger partial charge is 0.307 e. The third kappa shape index (κ3) is 2.74. The quantitative estimate of drug-likeness (QED) is 0.797. The van der Waals surface area contributed by atoms with Gasteiger partial charge in [0.25, 0.3) is 5.91 Å². The molecule has 0 aliphatic carbocycles. The maximum Gasteiger partial charge on any atom is 0.256 e. The summed E-state index contributed by atoms with van der Waals surface area (Å²) in [7, 11) is 0. The van der Waals surface area contributed by atoms with Crippen LogP contribution in [0.1, 0.15) is 23.7 Å². The number of aryl methyl sites for hydroxylation is 1. The maximum atomic E-state index is 12.2. The van der Waals surface area contributed by atoms with E-state index < -0.39 is 0 Å². The molecule has 6 heteroatoms. The molecule has 0 spiro atoms. The van der Waals surface area contributed by atoms with Crippen LogP contribution in [0.15, 0.2) is 42.6 Å². The fraction of sp³-hybridized carbons (Fsp3) is 0.200. The van der Waals surface area contributed by atoms with Crippen LogP contribution in [0.2, 0.25) is 0 Å². The van der Waals surface area contributed by atoms with Crippen molar-refractivity contribution in [1.82, 2.24) is 20.0 Å². The second-order valence-corrected chi connectivity index (χ2v) is 4.69. The molecule has 106 valence electrons. The second kappa shape index (κ2) is 5.70. The van der Waals surface area contributed by atoms with Crippen molar-refractivity contribution in [2.45, 2.75) is 19.9 Å². The van der Waals surface area contributed by atoms with Gasteiger partial charge in [-0.2, -0.15) is 0 Å². The minimum Gasteiger partial charge on any atom is -0.307 e. The molecule has 3 rings (SSSR count). The lowest BCUT2D eigenvalue weighted by Crippen LogP contribution is -2.12. The Morgan fingerprint density at radius 1 is 1.29 bits per heavy atom. The summed E-state index contributed by atoms with van der Waals surface area (Å²) in [5.41, 5.74) is 2.19. The van der Waals surface area contributed by atoms with Gasteiger partial charge in [-0.3, -0.25) is 4.79 Å². The lowest BCUT2D eigenvalue weighted by Gasteiger charge is -2.04. The standard InChI is InChI=1S/C15H15N5O/c1-2-9-20-13-7-6-11(10-12(13)18-19-20)15(21)17-14-5-3-4-8-16-14/h3-8,10H,2,9H2,1H3,(H,16,17,21). The molecule has 0 saturated carbocycles. The molecule has 0 aliphatic heterocycles. The van der Waals surface area contributed by atoms with Gasteiger partial charge in [0.2, 0.25) is 0 Å². The van der Waals surface area contributed by atoms with Gasteiger partial charge >= 0.3 is 0 Å². The van der Waals surface area contributed by atoms with Crippen LogP contribution >= 0.6 is 0 Å². The molecule has 0 saturated heterocycles. The maximum absolute atomic E-state index is 12.2. The Balaban J connectivity index is 1.85. The van der Waals surface area contributed by atoms with Crippen LogP contribution in [-0.2, 0) is 6.54 Å². The normalized spacial score (nSPS) is 10.7. The average molecular weight is 281 g/mol. The Morgan fingerprint density at radius 2 is 2.19 bits per heavy atom. The first-order valence-electron chi connectivity index (χ1n) is 6.83. The zero-order valence-corrected chi connectivity index (χ0v) is 11.7. The Labute approximate surface area is 121 Å². The first kappa shape index (κ1) is 13.2. The van der Waals surface area contributed by atoms with Crippen LogP contribution in [-0.4, -0.2) is 25.9 Å². The van der Waals surface area contributed by atoms with Gasteiger partial charge < -0.3 is 5.32 Å². The van der Waals surface area contributed by atoms with Crippen molar-refractivity contribution in [2.75, 3.05) is 5.32 Å². The van der Waals surface area contributed by atoms with Gasteiger partial charge in [0, 0.05) is 18.3 Å². The number of carbonyl (C=O) groups is 1. The third-order valence-corrected chi connectivity index (χ3v) is 3.12. The number of nitrogens with one attached hydrogen (secondary N) is 1. The van der Waals surface area contributed by atoms with Crippen molar-refractivity contribution >= 4 is 22.8 Å². The van der Waals surface area contributed by atoms with Crippen molar-refractivity contribution < 1.29 is 4.79 Å². The van der Waals surface area contributed by atoms with Crippen LogP contribution in [0.3, 0.4) is 0 Å².